The second-order valence-electron chi connectivity index (χ2n) is 6.23. The van der Waals surface area contributed by atoms with Crippen molar-refractivity contribution < 1.29 is 9.47 Å². The van der Waals surface area contributed by atoms with Gasteiger partial charge in [-0.05, 0) is 32.9 Å². The third-order valence-electron chi connectivity index (χ3n) is 3.31. The fraction of sp³-hybridized carbons (Fsp3) is 0.562. The first-order valence-electron chi connectivity index (χ1n) is 7.73. The van der Waals surface area contributed by atoms with E-state index in [1.165, 1.54) is 0 Å². The number of nitrogens with zero attached hydrogens (tertiary/aromatic N) is 4. The van der Waals surface area contributed by atoms with Gasteiger partial charge in [0, 0.05) is 31.3 Å². The number of ether oxygens (including phenoxy) is 2. The summed E-state index contributed by atoms with van der Waals surface area (Å²) >= 11 is 0. The zero-order valence-electron chi connectivity index (χ0n) is 14.2. The Morgan fingerprint density at radius 2 is 2.04 bits per heavy atom. The number of methoxy groups -OCH3 is 1. The first-order chi connectivity index (χ1) is 11.0. The van der Waals surface area contributed by atoms with E-state index in [1.807, 2.05) is 18.2 Å². The molecule has 2 rings (SSSR count). The van der Waals surface area contributed by atoms with E-state index < -0.39 is 0 Å². The van der Waals surface area contributed by atoms with Crippen molar-refractivity contribution >= 4 is 5.69 Å². The first-order valence-corrected chi connectivity index (χ1v) is 7.73. The van der Waals surface area contributed by atoms with Gasteiger partial charge < -0.3 is 14.4 Å². The second-order valence-corrected chi connectivity index (χ2v) is 6.23. The molecule has 0 radical (unpaired) electrons. The molecular formula is C16H25N5O2. The van der Waals surface area contributed by atoms with Crippen LogP contribution in [0.4, 0.5) is 5.69 Å². The molecule has 0 atom stereocenters. The van der Waals surface area contributed by atoms with Crippen LogP contribution in [0.25, 0.3) is 0 Å². The van der Waals surface area contributed by atoms with Gasteiger partial charge >= 0.3 is 0 Å². The number of tetrazole rings is 1. The molecule has 0 unspecified atom stereocenters. The first kappa shape index (κ1) is 17.2. The third-order valence-corrected chi connectivity index (χ3v) is 3.31. The zero-order valence-corrected chi connectivity index (χ0v) is 14.2. The van der Waals surface area contributed by atoms with Crippen molar-refractivity contribution in [2.75, 3.05) is 31.7 Å². The molecule has 1 N–H and O–H groups in total. The van der Waals surface area contributed by atoms with Crippen molar-refractivity contribution in [2.45, 2.75) is 32.8 Å². The predicted octanol–water partition coefficient (Wildman–Crippen LogP) is 2.07. The number of hydrogen-bond donors (Lipinski definition) is 1. The van der Waals surface area contributed by atoms with Crippen LogP contribution in [0.3, 0.4) is 0 Å². The fourth-order valence-corrected chi connectivity index (χ4v) is 2.16. The highest BCUT2D eigenvalue weighted by Crippen LogP contribution is 2.21. The minimum Gasteiger partial charge on any atom is -0.497 e. The van der Waals surface area contributed by atoms with Gasteiger partial charge in [-0.3, -0.25) is 0 Å². The molecule has 0 amide bonds. The molecule has 23 heavy (non-hydrogen) atoms. The van der Waals surface area contributed by atoms with Gasteiger partial charge in [0.25, 0.3) is 0 Å². The average molecular weight is 319 g/mol. The molecule has 0 aliphatic rings. The van der Waals surface area contributed by atoms with Crippen molar-refractivity contribution in [3.05, 3.63) is 30.1 Å². The average Bonchev–Trinajstić information content (AvgIpc) is 3.03. The molecule has 1 heterocycles. The van der Waals surface area contributed by atoms with Crippen LogP contribution in [0.15, 0.2) is 24.3 Å². The number of nitrogens with one attached hydrogen (secondary N) is 1. The summed E-state index contributed by atoms with van der Waals surface area (Å²) in [4.78, 5) is 2.24. The van der Waals surface area contributed by atoms with Gasteiger partial charge in [0.15, 0.2) is 5.82 Å². The Balaban J connectivity index is 2.03. The highest BCUT2D eigenvalue weighted by molar-refractivity contribution is 5.50. The molecule has 7 nitrogen and oxygen atoms in total. The van der Waals surface area contributed by atoms with Crippen molar-refractivity contribution in [1.29, 1.82) is 0 Å². The summed E-state index contributed by atoms with van der Waals surface area (Å²) in [5.74, 6) is 1.54. The van der Waals surface area contributed by atoms with Crippen molar-refractivity contribution in [2.24, 2.45) is 0 Å². The highest BCUT2D eigenvalue weighted by atomic mass is 16.5. The summed E-state index contributed by atoms with van der Waals surface area (Å²) in [5, 5.41) is 14.1. The standard InChI is InChI=1S/C16H25N5O2/c1-16(2,3)23-11-10-21(9-8-15-17-19-20-18-15)13-6-5-7-14(12-13)22-4/h5-7,12H,8-11H2,1-4H3,(H,17,18,19,20). The lowest BCUT2D eigenvalue weighted by molar-refractivity contribution is 0.00136. The summed E-state index contributed by atoms with van der Waals surface area (Å²) < 4.78 is 11.2. The van der Waals surface area contributed by atoms with Gasteiger partial charge in [-0.15, -0.1) is 10.2 Å². The minimum atomic E-state index is -0.145. The van der Waals surface area contributed by atoms with Crippen molar-refractivity contribution in [1.82, 2.24) is 20.6 Å². The van der Waals surface area contributed by atoms with Crippen LogP contribution in [-0.4, -0.2) is 53.0 Å². The van der Waals surface area contributed by atoms with Crippen molar-refractivity contribution in [3.8, 4) is 5.75 Å². The Hall–Kier alpha value is -2.15. The Labute approximate surface area is 137 Å². The molecule has 0 aliphatic heterocycles. The summed E-state index contributed by atoms with van der Waals surface area (Å²) in [6.45, 7) is 8.38. The van der Waals surface area contributed by atoms with Crippen LogP contribution < -0.4 is 9.64 Å². The van der Waals surface area contributed by atoms with E-state index in [4.69, 9.17) is 9.47 Å². The Kier molecular flexibility index (Phi) is 5.92. The van der Waals surface area contributed by atoms with Gasteiger partial charge in [0.05, 0.1) is 19.3 Å². The van der Waals surface area contributed by atoms with E-state index >= 15 is 0 Å². The minimum absolute atomic E-state index is 0.145. The van der Waals surface area contributed by atoms with E-state index in [-0.39, 0.29) is 5.60 Å². The molecule has 1 aromatic carbocycles. The molecule has 0 fully saturated rings. The Morgan fingerprint density at radius 1 is 1.22 bits per heavy atom. The fourth-order valence-electron chi connectivity index (χ4n) is 2.16. The van der Waals surface area contributed by atoms with Crippen molar-refractivity contribution in [3.63, 3.8) is 0 Å². The number of H-pyrrole nitrogens is 1. The summed E-state index contributed by atoms with van der Waals surface area (Å²) in [6.07, 6.45) is 0.712. The van der Waals surface area contributed by atoms with Crippen LogP contribution in [-0.2, 0) is 11.2 Å². The molecule has 126 valence electrons. The molecule has 0 saturated heterocycles. The van der Waals surface area contributed by atoms with Gasteiger partial charge in [0.1, 0.15) is 5.75 Å². The Bertz CT molecular complexity index is 580. The Morgan fingerprint density at radius 3 is 2.70 bits per heavy atom. The molecule has 0 aliphatic carbocycles. The van der Waals surface area contributed by atoms with Crippen LogP contribution >= 0.6 is 0 Å². The zero-order chi connectivity index (χ0) is 16.7. The lowest BCUT2D eigenvalue weighted by atomic mass is 10.2. The van der Waals surface area contributed by atoms with Gasteiger partial charge in [-0.25, -0.2) is 0 Å². The number of rotatable bonds is 8. The van der Waals surface area contributed by atoms with E-state index in [9.17, 15) is 0 Å². The number of benzene rings is 1. The van der Waals surface area contributed by atoms with Crippen LogP contribution in [0.2, 0.25) is 0 Å². The summed E-state index contributed by atoms with van der Waals surface area (Å²) in [6, 6.07) is 8.01. The SMILES string of the molecule is COc1cccc(N(CCOC(C)(C)C)CCc2nn[nH]n2)c1. The predicted molar refractivity (Wildman–Crippen MR) is 88.8 cm³/mol. The summed E-state index contributed by atoms with van der Waals surface area (Å²) in [7, 11) is 1.67. The molecule has 1 aromatic heterocycles. The maximum atomic E-state index is 5.85. The molecule has 0 bridgehead atoms. The largest absolute Gasteiger partial charge is 0.497 e. The molecule has 7 heteroatoms. The topological polar surface area (TPSA) is 76.2 Å². The molecule has 0 saturated carbocycles. The third kappa shape index (κ3) is 5.86. The molecule has 2 aromatic rings. The summed E-state index contributed by atoms with van der Waals surface area (Å²) in [5.41, 5.74) is 0.943. The van der Waals surface area contributed by atoms with E-state index in [2.05, 4.69) is 52.4 Å². The monoisotopic (exact) mass is 319 g/mol. The molecular weight excluding hydrogens is 294 g/mol. The number of anilines is 1. The van der Waals surface area contributed by atoms with E-state index in [0.717, 1.165) is 24.5 Å². The quantitative estimate of drug-likeness (QED) is 0.803. The second kappa shape index (κ2) is 7.92. The maximum absolute atomic E-state index is 5.85. The van der Waals surface area contributed by atoms with Gasteiger partial charge in [-0.2, -0.15) is 5.21 Å². The maximum Gasteiger partial charge on any atom is 0.176 e. The molecule has 0 spiro atoms. The van der Waals surface area contributed by atoms with Gasteiger partial charge in [-0.1, -0.05) is 11.3 Å². The van der Waals surface area contributed by atoms with Crippen LogP contribution in [0, 0.1) is 0 Å². The smallest absolute Gasteiger partial charge is 0.176 e. The van der Waals surface area contributed by atoms with Crippen LogP contribution in [0.5, 0.6) is 5.75 Å². The lowest BCUT2D eigenvalue weighted by Crippen LogP contribution is -2.32. The number of hydrogen-bond acceptors (Lipinski definition) is 6. The number of aromatic amines is 1. The van der Waals surface area contributed by atoms with E-state index in [1.54, 1.807) is 7.11 Å². The normalized spacial score (nSPS) is 11.5. The van der Waals surface area contributed by atoms with E-state index in [0.29, 0.717) is 18.9 Å². The van der Waals surface area contributed by atoms with Crippen LogP contribution in [0.1, 0.15) is 26.6 Å². The lowest BCUT2D eigenvalue weighted by Gasteiger charge is -2.27. The highest BCUT2D eigenvalue weighted by Gasteiger charge is 2.13. The number of aromatic nitrogens is 4. The van der Waals surface area contributed by atoms with Gasteiger partial charge in [0.2, 0.25) is 0 Å².